The fourth-order valence-corrected chi connectivity index (χ4v) is 9.19. The lowest BCUT2D eigenvalue weighted by Crippen LogP contribution is -2.68. The lowest BCUT2D eigenvalue weighted by atomic mass is 9.67. The zero-order chi connectivity index (χ0) is 41.2. The number of aromatic nitrogens is 1. The highest BCUT2D eigenvalue weighted by Crippen LogP contribution is 2.47. The van der Waals surface area contributed by atoms with Gasteiger partial charge in [-0.25, -0.2) is 0 Å². The van der Waals surface area contributed by atoms with Crippen LogP contribution in [0.5, 0.6) is 10.8 Å². The molecule has 2 aliphatic heterocycles. The second-order valence-corrected chi connectivity index (χ2v) is 16.0. The molecular weight excluding hydrogens is 779 g/mol. The number of carbonyl (C=O) groups is 3. The summed E-state index contributed by atoms with van der Waals surface area (Å²) in [7, 11) is 0. The summed E-state index contributed by atoms with van der Waals surface area (Å²) in [5.74, 6) is -2.15. The van der Waals surface area contributed by atoms with Gasteiger partial charge in [-0.3, -0.25) is 19.4 Å². The molecule has 4 heterocycles. The molecule has 3 fully saturated rings. The van der Waals surface area contributed by atoms with Crippen LogP contribution in [0.2, 0.25) is 0 Å². The van der Waals surface area contributed by atoms with Crippen LogP contribution in [0, 0.1) is 16.7 Å². The monoisotopic (exact) mass is 820 g/mol. The van der Waals surface area contributed by atoms with Crippen LogP contribution >= 0.6 is 11.3 Å². The minimum absolute atomic E-state index is 0.000176. The van der Waals surface area contributed by atoms with Crippen molar-refractivity contribution in [3.05, 3.63) is 76.4 Å². The fraction of sp³-hybridized carbons (Fsp3) is 0.525. The van der Waals surface area contributed by atoms with Gasteiger partial charge in [0.15, 0.2) is 5.06 Å². The number of nitrogens with zero attached hydrogens (tertiary/aromatic N) is 4. The van der Waals surface area contributed by atoms with Crippen LogP contribution in [0.3, 0.4) is 0 Å². The third kappa shape index (κ3) is 8.15. The summed E-state index contributed by atoms with van der Waals surface area (Å²) >= 11 is 0.275. The van der Waals surface area contributed by atoms with E-state index in [9.17, 15) is 46.3 Å². The zero-order valence-corrected chi connectivity index (χ0v) is 31.9. The third-order valence-corrected chi connectivity index (χ3v) is 12.7. The zero-order valence-electron chi connectivity index (χ0n) is 31.1. The van der Waals surface area contributed by atoms with Crippen LogP contribution in [-0.4, -0.2) is 75.6 Å². The first-order chi connectivity index (χ1) is 27.0. The van der Waals surface area contributed by atoms with Gasteiger partial charge < -0.3 is 24.4 Å². The summed E-state index contributed by atoms with van der Waals surface area (Å²) in [6.45, 7) is 1.82. The standard InChI is InChI=1S/C40H42F6N4O6S/c1-2-7-30-38(56-32-11-10-31(57-32)40(44,45)46,15-6-20-50(30)33(51)26-24-48-19-12-27(26)39(41,42)43)34(52)49-21-16-37(25-47,17-22-49)28-8-3-4-9-29(28)55-23-18-36(35(53)54)13-5-14-36/h3-4,8-12,19,24,30H,2,5-7,13-18,20-23H2,1H3,(H,53,54)/t30-,38+/m1/s1. The van der Waals surface area contributed by atoms with Crippen LogP contribution in [0.4, 0.5) is 26.3 Å². The predicted molar refractivity (Wildman–Crippen MR) is 194 cm³/mol. The van der Waals surface area contributed by atoms with E-state index in [1.807, 2.05) is 0 Å². The van der Waals surface area contributed by atoms with E-state index in [1.165, 1.54) is 4.90 Å². The van der Waals surface area contributed by atoms with E-state index in [2.05, 4.69) is 11.1 Å². The van der Waals surface area contributed by atoms with Gasteiger partial charge in [-0.15, -0.1) is 0 Å². The second kappa shape index (κ2) is 16.2. The molecule has 1 aliphatic carbocycles. The van der Waals surface area contributed by atoms with E-state index < -0.39 is 68.6 Å². The van der Waals surface area contributed by atoms with Crippen molar-refractivity contribution >= 4 is 29.1 Å². The maximum atomic E-state index is 15.0. The minimum Gasteiger partial charge on any atom is -0.493 e. The van der Waals surface area contributed by atoms with E-state index in [0.717, 1.165) is 35.8 Å². The van der Waals surface area contributed by atoms with Crippen molar-refractivity contribution in [1.29, 1.82) is 5.26 Å². The van der Waals surface area contributed by atoms with E-state index in [-0.39, 0.29) is 74.7 Å². The Morgan fingerprint density at radius 3 is 2.28 bits per heavy atom. The van der Waals surface area contributed by atoms with E-state index >= 15 is 4.79 Å². The molecule has 306 valence electrons. The van der Waals surface area contributed by atoms with Crippen molar-refractivity contribution in [2.75, 3.05) is 26.2 Å². The first-order valence-electron chi connectivity index (χ1n) is 18.8. The Labute approximate surface area is 329 Å². The van der Waals surface area contributed by atoms with Gasteiger partial charge in [-0.05, 0) is 69.2 Å². The van der Waals surface area contributed by atoms with Gasteiger partial charge in [-0.1, -0.05) is 49.3 Å². The Morgan fingerprint density at radius 2 is 1.68 bits per heavy atom. The topological polar surface area (TPSA) is 133 Å². The molecule has 1 saturated carbocycles. The van der Waals surface area contributed by atoms with Crippen LogP contribution in [0.15, 0.2) is 54.9 Å². The number of carbonyl (C=O) groups excluding carboxylic acids is 2. The number of ether oxygens (including phenoxy) is 2. The number of piperidine rings is 2. The summed E-state index contributed by atoms with van der Waals surface area (Å²) in [6.07, 6.45) is -4.97. The molecule has 17 heteroatoms. The molecule has 0 spiro atoms. The molecule has 2 atom stereocenters. The Morgan fingerprint density at radius 1 is 0.965 bits per heavy atom. The molecule has 2 saturated heterocycles. The van der Waals surface area contributed by atoms with Crippen molar-refractivity contribution in [3.8, 4) is 16.9 Å². The van der Waals surface area contributed by atoms with E-state index in [4.69, 9.17) is 9.47 Å². The summed E-state index contributed by atoms with van der Waals surface area (Å²) < 4.78 is 96.0. The van der Waals surface area contributed by atoms with Crippen LogP contribution in [0.1, 0.15) is 97.5 Å². The number of hydrogen-bond donors (Lipinski definition) is 1. The van der Waals surface area contributed by atoms with Crippen molar-refractivity contribution in [1.82, 2.24) is 14.8 Å². The quantitative estimate of drug-likeness (QED) is 0.180. The SMILES string of the molecule is CCC[C@H]1N(C(=O)c2cnccc2C(F)(F)F)CCC[C@@]1(Oc1ccc(C(F)(F)F)s1)C(=O)N1CCC(C#N)(c2ccccc2OCCC2(C(=O)O)CCC2)CC1. The molecule has 1 aromatic carbocycles. The van der Waals surface area contributed by atoms with Gasteiger partial charge in [-0.2, -0.15) is 31.6 Å². The number of para-hydroxylation sites is 1. The van der Waals surface area contributed by atoms with Crippen LogP contribution in [0.25, 0.3) is 0 Å². The maximum Gasteiger partial charge on any atom is 0.425 e. The highest BCUT2D eigenvalue weighted by atomic mass is 32.1. The molecule has 0 unspecified atom stereocenters. The Bertz CT molecular complexity index is 2000. The van der Waals surface area contributed by atoms with E-state index in [0.29, 0.717) is 43.1 Å². The molecule has 57 heavy (non-hydrogen) atoms. The summed E-state index contributed by atoms with van der Waals surface area (Å²) in [6, 6.07) is 10.8. The van der Waals surface area contributed by atoms with Gasteiger partial charge in [0.05, 0.1) is 40.7 Å². The summed E-state index contributed by atoms with van der Waals surface area (Å²) in [4.78, 5) is 46.4. The number of carboxylic acids is 1. The lowest BCUT2D eigenvalue weighted by Gasteiger charge is -2.51. The molecule has 3 aromatic rings. The summed E-state index contributed by atoms with van der Waals surface area (Å²) in [5.41, 5.74) is -5.34. The van der Waals surface area contributed by atoms with Crippen LogP contribution < -0.4 is 9.47 Å². The fourth-order valence-electron chi connectivity index (χ4n) is 8.40. The molecule has 0 radical (unpaired) electrons. The Hall–Kier alpha value is -4.85. The predicted octanol–water partition coefficient (Wildman–Crippen LogP) is 8.51. The Kier molecular flexibility index (Phi) is 11.9. The molecule has 3 aliphatic rings. The number of thiophene rings is 1. The number of nitriles is 1. The van der Waals surface area contributed by atoms with Gasteiger partial charge in [0.25, 0.3) is 11.8 Å². The largest absolute Gasteiger partial charge is 0.493 e. The number of carboxylic acid groups (broad SMARTS) is 1. The first kappa shape index (κ1) is 41.8. The molecule has 1 N–H and O–H groups in total. The number of rotatable bonds is 12. The molecular formula is C40H42F6N4O6S. The normalized spacial score (nSPS) is 21.9. The van der Waals surface area contributed by atoms with Gasteiger partial charge in [0, 0.05) is 44.0 Å². The highest BCUT2D eigenvalue weighted by Gasteiger charge is 2.57. The van der Waals surface area contributed by atoms with Gasteiger partial charge in [0.2, 0.25) is 5.60 Å². The Balaban J connectivity index is 1.31. The average molecular weight is 821 g/mol. The number of aliphatic carboxylic acids is 1. The number of hydrogen-bond acceptors (Lipinski definition) is 8. The van der Waals surface area contributed by atoms with Crippen molar-refractivity contribution < 1.29 is 55.3 Å². The highest BCUT2D eigenvalue weighted by molar-refractivity contribution is 7.13. The molecule has 6 rings (SSSR count). The van der Waals surface area contributed by atoms with Gasteiger partial charge >= 0.3 is 18.3 Å². The lowest BCUT2D eigenvalue weighted by molar-refractivity contribution is -0.160. The summed E-state index contributed by atoms with van der Waals surface area (Å²) in [5, 5.41) is 20.1. The molecule has 2 aromatic heterocycles. The van der Waals surface area contributed by atoms with Gasteiger partial charge in [0.1, 0.15) is 10.6 Å². The number of halogens is 6. The molecule has 0 bridgehead atoms. The third-order valence-electron chi connectivity index (χ3n) is 11.7. The number of likely N-dealkylation sites (tertiary alicyclic amines) is 2. The van der Waals surface area contributed by atoms with Crippen molar-refractivity contribution in [2.24, 2.45) is 5.41 Å². The van der Waals surface area contributed by atoms with E-state index in [1.54, 1.807) is 31.2 Å². The number of pyridine rings is 1. The smallest absolute Gasteiger partial charge is 0.425 e. The van der Waals surface area contributed by atoms with Crippen LogP contribution in [-0.2, 0) is 27.4 Å². The molecule has 10 nitrogen and oxygen atoms in total. The number of benzene rings is 1. The average Bonchev–Trinajstić information content (AvgIpc) is 3.65. The molecule has 2 amide bonds. The maximum absolute atomic E-state index is 15.0. The number of amides is 2. The minimum atomic E-state index is -4.90. The van der Waals surface area contributed by atoms with Crippen molar-refractivity contribution in [2.45, 2.75) is 101 Å². The van der Waals surface area contributed by atoms with Crippen molar-refractivity contribution in [3.63, 3.8) is 0 Å². The first-order valence-corrected chi connectivity index (χ1v) is 19.7. The second-order valence-electron chi connectivity index (χ2n) is 15.0. The number of alkyl halides is 6.